The Morgan fingerprint density at radius 3 is 1.95 bits per heavy atom. The number of carbonyl (C=O) groups is 2. The van der Waals surface area contributed by atoms with E-state index < -0.39 is 5.60 Å². The maximum atomic E-state index is 11.8. The van der Waals surface area contributed by atoms with Crippen molar-refractivity contribution in [3.63, 3.8) is 0 Å². The quantitative estimate of drug-likeness (QED) is 0.862. The van der Waals surface area contributed by atoms with Crippen molar-refractivity contribution < 1.29 is 14.3 Å². The molecular formula is C16H27NO3. The fourth-order valence-corrected chi connectivity index (χ4v) is 3.63. The molecule has 114 valence electrons. The average Bonchev–Trinajstić information content (AvgIpc) is 2.37. The lowest BCUT2D eigenvalue weighted by Gasteiger charge is -2.52. The Balaban J connectivity index is 1.87. The monoisotopic (exact) mass is 281 g/mol. The molecule has 0 aliphatic heterocycles. The number of alkyl carbamates (subject to hydrolysis) is 1. The van der Waals surface area contributed by atoms with Gasteiger partial charge in [-0.2, -0.15) is 0 Å². The van der Waals surface area contributed by atoms with Crippen LogP contribution in [0, 0.1) is 10.8 Å². The smallest absolute Gasteiger partial charge is 0.407 e. The summed E-state index contributed by atoms with van der Waals surface area (Å²) in [5, 5.41) is 2.92. The summed E-state index contributed by atoms with van der Waals surface area (Å²) < 4.78 is 5.28. The number of ether oxygens (including phenoxy) is 1. The van der Waals surface area contributed by atoms with Gasteiger partial charge in [0.2, 0.25) is 0 Å². The van der Waals surface area contributed by atoms with Crippen LogP contribution >= 0.6 is 0 Å². The second-order valence-electron chi connectivity index (χ2n) is 7.69. The second kappa shape index (κ2) is 5.05. The van der Waals surface area contributed by atoms with Crippen LogP contribution in [0.2, 0.25) is 0 Å². The Morgan fingerprint density at radius 2 is 1.55 bits per heavy atom. The van der Waals surface area contributed by atoms with Gasteiger partial charge in [-0.05, 0) is 71.6 Å². The van der Waals surface area contributed by atoms with E-state index in [4.69, 9.17) is 4.74 Å². The van der Waals surface area contributed by atoms with Gasteiger partial charge in [-0.3, -0.25) is 4.79 Å². The Morgan fingerprint density at radius 1 is 1.05 bits per heavy atom. The zero-order valence-electron chi connectivity index (χ0n) is 13.2. The van der Waals surface area contributed by atoms with Crippen molar-refractivity contribution in [3.05, 3.63) is 0 Å². The molecule has 0 atom stereocenters. The molecule has 0 unspecified atom stereocenters. The molecule has 3 rings (SSSR count). The van der Waals surface area contributed by atoms with Gasteiger partial charge in [-0.15, -0.1) is 0 Å². The maximum Gasteiger partial charge on any atom is 0.407 e. The molecule has 0 radical (unpaired) electrons. The predicted molar refractivity (Wildman–Crippen MR) is 77.5 cm³/mol. The third kappa shape index (κ3) is 3.15. The number of hydrogen-bond donors (Lipinski definition) is 1. The Bertz CT molecular complexity index is 384. The highest BCUT2D eigenvalue weighted by Crippen LogP contribution is 2.56. The maximum absolute atomic E-state index is 11.8. The largest absolute Gasteiger partial charge is 0.444 e. The van der Waals surface area contributed by atoms with Crippen LogP contribution in [0.3, 0.4) is 0 Å². The van der Waals surface area contributed by atoms with E-state index in [-0.39, 0.29) is 16.9 Å². The van der Waals surface area contributed by atoms with E-state index in [9.17, 15) is 9.59 Å². The number of fused-ring (bicyclic) bond motifs is 3. The second-order valence-corrected chi connectivity index (χ2v) is 7.69. The molecule has 0 aromatic carbocycles. The molecule has 3 saturated carbocycles. The van der Waals surface area contributed by atoms with Crippen LogP contribution in [0.15, 0.2) is 0 Å². The topological polar surface area (TPSA) is 55.4 Å². The van der Waals surface area contributed by atoms with E-state index in [0.29, 0.717) is 12.3 Å². The molecule has 4 nitrogen and oxygen atoms in total. The highest BCUT2D eigenvalue weighted by molar-refractivity contribution is 5.82. The molecule has 1 N–H and O–H groups in total. The lowest BCUT2D eigenvalue weighted by atomic mass is 9.52. The van der Waals surface area contributed by atoms with Gasteiger partial charge in [-0.25, -0.2) is 4.79 Å². The summed E-state index contributed by atoms with van der Waals surface area (Å²) >= 11 is 0. The summed E-state index contributed by atoms with van der Waals surface area (Å²) in [7, 11) is 0. The zero-order valence-corrected chi connectivity index (χ0v) is 13.2. The number of amides is 1. The van der Waals surface area contributed by atoms with Gasteiger partial charge in [-0.1, -0.05) is 0 Å². The molecule has 3 aliphatic rings. The number of Topliss-reactive ketones (excluding diaryl/α,β-unsaturated/α-hetero) is 1. The standard InChI is InChI=1S/C16H27NO3/c1-12(18)16-8-5-15(6-9-16,7-10-16)11-17-13(19)20-14(2,3)4/h5-11H2,1-4H3,(H,17,19). The van der Waals surface area contributed by atoms with E-state index in [1.54, 1.807) is 6.92 Å². The lowest BCUT2D eigenvalue weighted by Crippen LogP contribution is -2.50. The van der Waals surface area contributed by atoms with Crippen LogP contribution in [0.4, 0.5) is 4.79 Å². The van der Waals surface area contributed by atoms with Crippen LogP contribution in [0.25, 0.3) is 0 Å². The van der Waals surface area contributed by atoms with Gasteiger partial charge in [0, 0.05) is 12.0 Å². The Kier molecular flexibility index (Phi) is 3.87. The molecule has 0 aromatic heterocycles. The van der Waals surface area contributed by atoms with Gasteiger partial charge in [0.25, 0.3) is 0 Å². The van der Waals surface area contributed by atoms with Crippen LogP contribution in [0.5, 0.6) is 0 Å². The summed E-state index contributed by atoms with van der Waals surface area (Å²) in [4.78, 5) is 23.6. The van der Waals surface area contributed by atoms with Crippen molar-refractivity contribution in [2.75, 3.05) is 6.54 Å². The predicted octanol–water partition coefficient (Wildman–Crippen LogP) is 3.44. The number of carbonyl (C=O) groups excluding carboxylic acids is 2. The number of hydrogen-bond acceptors (Lipinski definition) is 3. The molecule has 2 bridgehead atoms. The first-order valence-electron chi connectivity index (χ1n) is 7.64. The third-order valence-corrected chi connectivity index (χ3v) is 5.16. The summed E-state index contributed by atoms with van der Waals surface area (Å²) in [6.45, 7) is 8.01. The molecule has 1 amide bonds. The van der Waals surface area contributed by atoms with Crippen molar-refractivity contribution in [2.24, 2.45) is 10.8 Å². The SMILES string of the molecule is CC(=O)C12CCC(CNC(=O)OC(C)(C)C)(CC1)CC2. The first-order chi connectivity index (χ1) is 9.17. The van der Waals surface area contributed by atoms with Crippen LogP contribution in [0.1, 0.15) is 66.2 Å². The molecule has 4 heteroatoms. The average molecular weight is 281 g/mol. The van der Waals surface area contributed by atoms with Crippen molar-refractivity contribution in [3.8, 4) is 0 Å². The van der Waals surface area contributed by atoms with Gasteiger partial charge in [0.1, 0.15) is 11.4 Å². The number of ketones is 1. The van der Waals surface area contributed by atoms with E-state index in [1.165, 1.54) is 0 Å². The Hall–Kier alpha value is -1.06. The summed E-state index contributed by atoms with van der Waals surface area (Å²) in [5.74, 6) is 0.353. The van der Waals surface area contributed by atoms with Gasteiger partial charge in [0.05, 0.1) is 0 Å². The Labute approximate surface area is 121 Å². The molecule has 0 aromatic rings. The first kappa shape index (κ1) is 15.3. The van der Waals surface area contributed by atoms with E-state index in [0.717, 1.165) is 38.5 Å². The third-order valence-electron chi connectivity index (χ3n) is 5.16. The van der Waals surface area contributed by atoms with Crippen LogP contribution in [-0.4, -0.2) is 24.0 Å². The molecule has 3 aliphatic carbocycles. The molecule has 0 saturated heterocycles. The van der Waals surface area contributed by atoms with Crippen molar-refractivity contribution in [2.45, 2.75) is 71.8 Å². The van der Waals surface area contributed by atoms with Gasteiger partial charge in [0.15, 0.2) is 0 Å². The first-order valence-corrected chi connectivity index (χ1v) is 7.64. The van der Waals surface area contributed by atoms with Crippen molar-refractivity contribution >= 4 is 11.9 Å². The van der Waals surface area contributed by atoms with Crippen LogP contribution in [-0.2, 0) is 9.53 Å². The zero-order chi connectivity index (χ0) is 15.0. The lowest BCUT2D eigenvalue weighted by molar-refractivity contribution is -0.135. The highest BCUT2D eigenvalue weighted by Gasteiger charge is 2.50. The van der Waals surface area contributed by atoms with Crippen molar-refractivity contribution in [1.29, 1.82) is 0 Å². The molecule has 0 spiro atoms. The normalized spacial score (nSPS) is 32.8. The fourth-order valence-electron chi connectivity index (χ4n) is 3.63. The minimum atomic E-state index is -0.454. The van der Waals surface area contributed by atoms with E-state index in [1.807, 2.05) is 20.8 Å². The summed E-state index contributed by atoms with van der Waals surface area (Å²) in [6.07, 6.45) is 5.75. The number of rotatable bonds is 3. The minimum Gasteiger partial charge on any atom is -0.444 e. The minimum absolute atomic E-state index is 0.0479. The van der Waals surface area contributed by atoms with Crippen molar-refractivity contribution in [1.82, 2.24) is 5.32 Å². The number of nitrogens with one attached hydrogen (secondary N) is 1. The molecule has 3 fully saturated rings. The highest BCUT2D eigenvalue weighted by atomic mass is 16.6. The fraction of sp³-hybridized carbons (Fsp3) is 0.875. The molecule has 20 heavy (non-hydrogen) atoms. The van der Waals surface area contributed by atoms with Crippen LogP contribution < -0.4 is 5.32 Å². The van der Waals surface area contributed by atoms with E-state index in [2.05, 4.69) is 5.32 Å². The van der Waals surface area contributed by atoms with Gasteiger partial charge >= 0.3 is 6.09 Å². The molecule has 0 heterocycles. The summed E-state index contributed by atoms with van der Waals surface area (Å²) in [6, 6.07) is 0. The molecular weight excluding hydrogens is 254 g/mol. The van der Waals surface area contributed by atoms with E-state index >= 15 is 0 Å². The summed E-state index contributed by atoms with van der Waals surface area (Å²) in [5.41, 5.74) is -0.313. The van der Waals surface area contributed by atoms with Gasteiger partial charge < -0.3 is 10.1 Å².